The molecule has 1 heterocycles. The van der Waals surface area contributed by atoms with E-state index < -0.39 is 17.7 Å². The van der Waals surface area contributed by atoms with Crippen LogP contribution < -0.4 is 9.64 Å². The molecule has 0 fully saturated rings. The van der Waals surface area contributed by atoms with Crippen LogP contribution in [0.5, 0.6) is 5.75 Å². The lowest BCUT2D eigenvalue weighted by Gasteiger charge is -2.28. The number of aliphatic hydroxyl groups is 1. The monoisotopic (exact) mass is 469 g/mol. The number of carbonyl (C=O) groups is 2. The topological polar surface area (TPSA) is 66.8 Å². The van der Waals surface area contributed by atoms with E-state index in [1.165, 1.54) is 4.90 Å². The van der Waals surface area contributed by atoms with Gasteiger partial charge in [0.25, 0.3) is 5.91 Å². The Morgan fingerprint density at radius 2 is 1.66 bits per heavy atom. The maximum absolute atomic E-state index is 13.4. The number of ketones is 1. The van der Waals surface area contributed by atoms with Crippen molar-refractivity contribution >= 4 is 17.4 Å². The van der Waals surface area contributed by atoms with Gasteiger partial charge in [-0.1, -0.05) is 75.4 Å². The highest BCUT2D eigenvalue weighted by Gasteiger charge is 2.44. The van der Waals surface area contributed by atoms with Crippen molar-refractivity contribution in [1.82, 2.24) is 0 Å². The lowest BCUT2D eigenvalue weighted by molar-refractivity contribution is -0.118. The van der Waals surface area contributed by atoms with E-state index in [9.17, 15) is 14.7 Å². The fraction of sp³-hybridized carbons (Fsp3) is 0.267. The number of benzene rings is 3. The number of hydrogen-bond donors (Lipinski definition) is 1. The summed E-state index contributed by atoms with van der Waals surface area (Å²) in [7, 11) is 1.57. The van der Waals surface area contributed by atoms with E-state index in [0.717, 1.165) is 11.1 Å². The molecule has 180 valence electrons. The van der Waals surface area contributed by atoms with Crippen molar-refractivity contribution in [3.63, 3.8) is 0 Å². The maximum Gasteiger partial charge on any atom is 0.294 e. The van der Waals surface area contributed by atoms with Gasteiger partial charge < -0.3 is 9.84 Å². The summed E-state index contributed by atoms with van der Waals surface area (Å²) in [6, 6.07) is 23.9. The molecule has 0 aliphatic carbocycles. The van der Waals surface area contributed by atoms with E-state index in [2.05, 4.69) is 20.8 Å². The summed E-state index contributed by atoms with van der Waals surface area (Å²) in [5, 5.41) is 10.9. The SMILES string of the molecule is COc1cccc(C2C(C(=O)CCc3ccccc3)=C(O)C(=O)N2c2ccc(C(C)(C)C)cc2)c1. The molecule has 5 nitrogen and oxygen atoms in total. The van der Waals surface area contributed by atoms with E-state index in [-0.39, 0.29) is 23.2 Å². The number of anilines is 1. The molecule has 0 aromatic heterocycles. The van der Waals surface area contributed by atoms with Crippen LogP contribution in [0.15, 0.2) is 90.2 Å². The summed E-state index contributed by atoms with van der Waals surface area (Å²) < 4.78 is 5.40. The number of ether oxygens (including phenoxy) is 1. The molecule has 1 atom stereocenters. The van der Waals surface area contributed by atoms with Gasteiger partial charge in [-0.05, 0) is 52.8 Å². The molecule has 0 bridgehead atoms. The third kappa shape index (κ3) is 4.99. The fourth-order valence-electron chi connectivity index (χ4n) is 4.44. The number of hydrogen-bond acceptors (Lipinski definition) is 4. The predicted molar refractivity (Wildman–Crippen MR) is 138 cm³/mol. The summed E-state index contributed by atoms with van der Waals surface area (Å²) >= 11 is 0. The molecule has 4 rings (SSSR count). The van der Waals surface area contributed by atoms with Gasteiger partial charge in [-0.2, -0.15) is 0 Å². The van der Waals surface area contributed by atoms with Crippen LogP contribution >= 0.6 is 0 Å². The Hall–Kier alpha value is -3.86. The van der Waals surface area contributed by atoms with Gasteiger partial charge in [0.15, 0.2) is 11.5 Å². The number of Topliss-reactive ketones (excluding diaryl/α,β-unsaturated/α-hetero) is 1. The first kappa shape index (κ1) is 24.3. The molecule has 1 unspecified atom stereocenters. The second-order valence-electron chi connectivity index (χ2n) is 9.82. The smallest absolute Gasteiger partial charge is 0.294 e. The Bertz CT molecular complexity index is 1250. The third-order valence-corrected chi connectivity index (χ3v) is 6.41. The van der Waals surface area contributed by atoms with Crippen LogP contribution in [0.3, 0.4) is 0 Å². The molecule has 1 amide bonds. The van der Waals surface area contributed by atoms with Gasteiger partial charge in [0.05, 0.1) is 18.7 Å². The van der Waals surface area contributed by atoms with E-state index in [0.29, 0.717) is 23.4 Å². The molecular formula is C30H31NO4. The summed E-state index contributed by atoms with van der Waals surface area (Å²) in [5.41, 5.74) is 3.55. The van der Waals surface area contributed by atoms with Crippen LogP contribution in [0.2, 0.25) is 0 Å². The predicted octanol–water partition coefficient (Wildman–Crippen LogP) is 6.09. The zero-order valence-corrected chi connectivity index (χ0v) is 20.6. The zero-order valence-electron chi connectivity index (χ0n) is 20.6. The first-order chi connectivity index (χ1) is 16.7. The van der Waals surface area contributed by atoms with E-state index in [1.807, 2.05) is 72.8 Å². The van der Waals surface area contributed by atoms with Crippen LogP contribution in [0.1, 0.15) is 49.9 Å². The Morgan fingerprint density at radius 3 is 2.29 bits per heavy atom. The first-order valence-corrected chi connectivity index (χ1v) is 11.8. The van der Waals surface area contributed by atoms with Crippen molar-refractivity contribution in [2.45, 2.75) is 45.1 Å². The molecule has 0 radical (unpaired) electrons. The van der Waals surface area contributed by atoms with E-state index in [4.69, 9.17) is 4.74 Å². The minimum absolute atomic E-state index is 0.0430. The van der Waals surface area contributed by atoms with Gasteiger partial charge in [0.2, 0.25) is 0 Å². The molecule has 3 aromatic carbocycles. The van der Waals surface area contributed by atoms with Gasteiger partial charge in [-0.3, -0.25) is 14.5 Å². The second kappa shape index (κ2) is 9.79. The minimum Gasteiger partial charge on any atom is -0.503 e. The van der Waals surface area contributed by atoms with Crippen LogP contribution in [0.25, 0.3) is 0 Å². The van der Waals surface area contributed by atoms with Crippen LogP contribution in [-0.2, 0) is 21.4 Å². The van der Waals surface area contributed by atoms with Crippen molar-refractivity contribution in [3.8, 4) is 5.75 Å². The average molecular weight is 470 g/mol. The number of rotatable bonds is 7. The lowest BCUT2D eigenvalue weighted by atomic mass is 9.87. The number of amides is 1. The molecule has 3 aromatic rings. The summed E-state index contributed by atoms with van der Waals surface area (Å²) in [6.07, 6.45) is 0.712. The number of nitrogens with zero attached hydrogens (tertiary/aromatic N) is 1. The maximum atomic E-state index is 13.4. The number of carbonyl (C=O) groups excluding carboxylic acids is 2. The van der Waals surface area contributed by atoms with Crippen LogP contribution in [0.4, 0.5) is 5.69 Å². The summed E-state index contributed by atoms with van der Waals surface area (Å²) in [4.78, 5) is 28.3. The average Bonchev–Trinajstić information content (AvgIpc) is 3.13. The van der Waals surface area contributed by atoms with Crippen molar-refractivity contribution in [1.29, 1.82) is 0 Å². The van der Waals surface area contributed by atoms with Gasteiger partial charge >= 0.3 is 0 Å². The summed E-state index contributed by atoms with van der Waals surface area (Å²) in [5.74, 6) is -0.707. The third-order valence-electron chi connectivity index (χ3n) is 6.41. The van der Waals surface area contributed by atoms with E-state index >= 15 is 0 Å². The quantitative estimate of drug-likeness (QED) is 0.454. The molecule has 0 saturated carbocycles. The fourth-order valence-corrected chi connectivity index (χ4v) is 4.44. The highest BCUT2D eigenvalue weighted by atomic mass is 16.5. The molecule has 5 heteroatoms. The largest absolute Gasteiger partial charge is 0.503 e. The molecule has 1 aliphatic rings. The second-order valence-corrected chi connectivity index (χ2v) is 9.82. The van der Waals surface area contributed by atoms with Crippen LogP contribution in [-0.4, -0.2) is 23.9 Å². The van der Waals surface area contributed by atoms with Gasteiger partial charge in [0, 0.05) is 12.1 Å². The minimum atomic E-state index is -0.749. The molecule has 0 saturated heterocycles. The molecule has 1 N–H and O–H groups in total. The number of aryl methyl sites for hydroxylation is 1. The van der Waals surface area contributed by atoms with Crippen molar-refractivity contribution in [3.05, 3.63) is 107 Å². The molecular weight excluding hydrogens is 438 g/mol. The van der Waals surface area contributed by atoms with Gasteiger partial charge in [0.1, 0.15) is 5.75 Å². The summed E-state index contributed by atoms with van der Waals surface area (Å²) in [6.45, 7) is 6.37. The molecule has 0 spiro atoms. The van der Waals surface area contributed by atoms with E-state index in [1.54, 1.807) is 13.2 Å². The number of methoxy groups -OCH3 is 1. The van der Waals surface area contributed by atoms with Crippen molar-refractivity contribution in [2.75, 3.05) is 12.0 Å². The standard InChI is InChI=1S/C30H31NO4/c1-30(2,3)22-14-16-23(17-15-22)31-27(21-11-8-12-24(19-21)35-4)26(28(33)29(31)34)25(32)18-13-20-9-6-5-7-10-20/h5-12,14-17,19,27,33H,13,18H2,1-4H3. The number of aliphatic hydroxyl groups excluding tert-OH is 1. The highest BCUT2D eigenvalue weighted by Crippen LogP contribution is 2.42. The van der Waals surface area contributed by atoms with Crippen molar-refractivity contribution < 1.29 is 19.4 Å². The first-order valence-electron chi connectivity index (χ1n) is 11.8. The Morgan fingerprint density at radius 1 is 0.971 bits per heavy atom. The Kier molecular flexibility index (Phi) is 6.79. The zero-order chi connectivity index (χ0) is 25.2. The Balaban J connectivity index is 1.74. The lowest BCUT2D eigenvalue weighted by Crippen LogP contribution is -2.31. The van der Waals surface area contributed by atoms with Gasteiger partial charge in [-0.25, -0.2) is 0 Å². The molecule has 1 aliphatic heterocycles. The van der Waals surface area contributed by atoms with Gasteiger partial charge in [-0.15, -0.1) is 0 Å². The highest BCUT2D eigenvalue weighted by molar-refractivity contribution is 6.16. The Labute approximate surface area is 206 Å². The normalized spacial score (nSPS) is 16.1. The van der Waals surface area contributed by atoms with Crippen molar-refractivity contribution in [2.24, 2.45) is 0 Å². The molecule has 35 heavy (non-hydrogen) atoms. The van der Waals surface area contributed by atoms with Crippen LogP contribution in [0, 0.1) is 0 Å².